The molecule has 1 aliphatic rings. The maximum atomic E-state index is 10.6. The first-order valence-corrected chi connectivity index (χ1v) is 6.55. The maximum absolute atomic E-state index is 10.6. The number of hydrogen-bond acceptors (Lipinski definition) is 2. The van der Waals surface area contributed by atoms with Crippen molar-refractivity contribution in [2.24, 2.45) is 5.92 Å². The van der Waals surface area contributed by atoms with Gasteiger partial charge in [-0.2, -0.15) is 0 Å². The fourth-order valence-corrected chi connectivity index (χ4v) is 2.48. The van der Waals surface area contributed by atoms with Crippen LogP contribution in [0, 0.1) is 5.92 Å². The monoisotopic (exact) mass is 252 g/mol. The van der Waals surface area contributed by atoms with E-state index in [1.807, 2.05) is 0 Å². The fraction of sp³-hybridized carbons (Fsp3) is 0.500. The van der Waals surface area contributed by atoms with E-state index in [4.69, 9.17) is 16.3 Å². The molecule has 1 aromatic carbocycles. The summed E-state index contributed by atoms with van der Waals surface area (Å²) in [5.74, 6) is 1.43. The Morgan fingerprint density at radius 2 is 2.06 bits per heavy atom. The second kappa shape index (κ2) is 6.06. The van der Waals surface area contributed by atoms with E-state index in [1.165, 1.54) is 32.1 Å². The van der Waals surface area contributed by atoms with Crippen LogP contribution in [-0.4, -0.2) is 12.9 Å². The summed E-state index contributed by atoms with van der Waals surface area (Å²) in [5, 5.41) is 0.459. The molecule has 2 rings (SSSR count). The van der Waals surface area contributed by atoms with Crippen LogP contribution in [0.15, 0.2) is 18.2 Å². The Hall–Kier alpha value is -1.02. The van der Waals surface area contributed by atoms with Crippen LogP contribution in [0.25, 0.3) is 0 Å². The molecule has 17 heavy (non-hydrogen) atoms. The number of carbonyl (C=O) groups is 1. The van der Waals surface area contributed by atoms with Gasteiger partial charge in [0.05, 0.1) is 11.6 Å². The van der Waals surface area contributed by atoms with Gasteiger partial charge in [0.25, 0.3) is 0 Å². The average molecular weight is 253 g/mol. The highest BCUT2D eigenvalue weighted by molar-refractivity contribution is 6.33. The quantitative estimate of drug-likeness (QED) is 0.754. The molecule has 2 nitrogen and oxygen atoms in total. The Kier molecular flexibility index (Phi) is 4.43. The SMILES string of the molecule is O=Cc1ccc(OCC2CCCCC2)cc1Cl. The molecular formula is C14H17ClO2. The van der Waals surface area contributed by atoms with Crippen LogP contribution in [0.5, 0.6) is 5.75 Å². The van der Waals surface area contributed by atoms with Crippen LogP contribution >= 0.6 is 11.6 Å². The van der Waals surface area contributed by atoms with Crippen molar-refractivity contribution >= 4 is 17.9 Å². The van der Waals surface area contributed by atoms with Crippen LogP contribution in [0.2, 0.25) is 5.02 Å². The topological polar surface area (TPSA) is 26.3 Å². The van der Waals surface area contributed by atoms with E-state index < -0.39 is 0 Å². The molecule has 1 fully saturated rings. The molecule has 0 spiro atoms. The van der Waals surface area contributed by atoms with Gasteiger partial charge in [0.15, 0.2) is 6.29 Å². The molecule has 0 atom stereocenters. The van der Waals surface area contributed by atoms with Crippen LogP contribution in [-0.2, 0) is 0 Å². The third kappa shape index (κ3) is 3.47. The van der Waals surface area contributed by atoms with Gasteiger partial charge in [-0.15, -0.1) is 0 Å². The van der Waals surface area contributed by atoms with Crippen LogP contribution in [0.4, 0.5) is 0 Å². The van der Waals surface area contributed by atoms with Crippen molar-refractivity contribution in [1.82, 2.24) is 0 Å². The van der Waals surface area contributed by atoms with Crippen molar-refractivity contribution in [3.63, 3.8) is 0 Å². The largest absolute Gasteiger partial charge is 0.493 e. The van der Waals surface area contributed by atoms with Crippen molar-refractivity contribution < 1.29 is 9.53 Å². The molecule has 1 saturated carbocycles. The van der Waals surface area contributed by atoms with Gasteiger partial charge in [-0.25, -0.2) is 0 Å². The summed E-state index contributed by atoms with van der Waals surface area (Å²) in [4.78, 5) is 10.6. The predicted molar refractivity (Wildman–Crippen MR) is 68.9 cm³/mol. The van der Waals surface area contributed by atoms with Gasteiger partial charge < -0.3 is 4.74 Å². The van der Waals surface area contributed by atoms with E-state index in [-0.39, 0.29) is 0 Å². The minimum atomic E-state index is 0.459. The summed E-state index contributed by atoms with van der Waals surface area (Å²) < 4.78 is 5.73. The number of carbonyl (C=O) groups excluding carboxylic acids is 1. The zero-order valence-corrected chi connectivity index (χ0v) is 10.6. The van der Waals surface area contributed by atoms with Crippen molar-refractivity contribution in [2.75, 3.05) is 6.61 Å². The summed E-state index contributed by atoms with van der Waals surface area (Å²) in [6.45, 7) is 0.761. The van der Waals surface area contributed by atoms with Gasteiger partial charge in [-0.3, -0.25) is 4.79 Å². The molecule has 1 aromatic rings. The molecule has 0 bridgehead atoms. The number of benzene rings is 1. The molecule has 92 valence electrons. The fourth-order valence-electron chi connectivity index (χ4n) is 2.26. The lowest BCUT2D eigenvalue weighted by Gasteiger charge is -2.21. The lowest BCUT2D eigenvalue weighted by molar-refractivity contribution is 0.112. The lowest BCUT2D eigenvalue weighted by Crippen LogP contribution is -2.15. The highest BCUT2D eigenvalue weighted by atomic mass is 35.5. The van der Waals surface area contributed by atoms with E-state index in [1.54, 1.807) is 18.2 Å². The van der Waals surface area contributed by atoms with Crippen molar-refractivity contribution in [2.45, 2.75) is 32.1 Å². The molecule has 0 amide bonds. The Balaban J connectivity index is 1.90. The molecule has 0 radical (unpaired) electrons. The number of hydrogen-bond donors (Lipinski definition) is 0. The molecule has 1 aliphatic carbocycles. The first-order valence-electron chi connectivity index (χ1n) is 6.17. The molecule has 0 saturated heterocycles. The summed E-state index contributed by atoms with van der Waals surface area (Å²) in [6, 6.07) is 5.22. The molecule has 3 heteroatoms. The van der Waals surface area contributed by atoms with Gasteiger partial charge in [0, 0.05) is 5.56 Å². The van der Waals surface area contributed by atoms with E-state index in [0.29, 0.717) is 16.5 Å². The number of rotatable bonds is 4. The Morgan fingerprint density at radius 1 is 1.29 bits per heavy atom. The normalized spacial score (nSPS) is 16.8. The predicted octanol–water partition coefficient (Wildman–Crippen LogP) is 4.11. The zero-order chi connectivity index (χ0) is 12.1. The minimum Gasteiger partial charge on any atom is -0.493 e. The molecule has 0 aliphatic heterocycles. The summed E-state index contributed by atoms with van der Waals surface area (Å²) in [7, 11) is 0. The van der Waals surface area contributed by atoms with Crippen LogP contribution < -0.4 is 4.74 Å². The highest BCUT2D eigenvalue weighted by Gasteiger charge is 2.14. The third-order valence-corrected chi connectivity index (χ3v) is 3.64. The lowest BCUT2D eigenvalue weighted by atomic mass is 9.90. The van der Waals surface area contributed by atoms with E-state index in [9.17, 15) is 4.79 Å². The number of aldehydes is 1. The molecule has 0 aromatic heterocycles. The van der Waals surface area contributed by atoms with Gasteiger partial charge in [-0.1, -0.05) is 30.9 Å². The Labute approximate surface area is 107 Å². The third-order valence-electron chi connectivity index (χ3n) is 3.31. The van der Waals surface area contributed by atoms with Gasteiger partial charge in [0.2, 0.25) is 0 Å². The first kappa shape index (κ1) is 12.4. The second-order valence-electron chi connectivity index (χ2n) is 4.62. The molecule has 0 N–H and O–H groups in total. The standard InChI is InChI=1S/C14H17ClO2/c15-14-8-13(7-6-12(14)9-16)17-10-11-4-2-1-3-5-11/h6-9,11H,1-5,10H2. The summed E-state index contributed by atoms with van der Waals surface area (Å²) in [5.41, 5.74) is 0.511. The van der Waals surface area contributed by atoms with Gasteiger partial charge in [-0.05, 0) is 37.0 Å². The Morgan fingerprint density at radius 3 is 2.71 bits per heavy atom. The first-order chi connectivity index (χ1) is 8.29. The highest BCUT2D eigenvalue weighted by Crippen LogP contribution is 2.26. The van der Waals surface area contributed by atoms with Crippen LogP contribution in [0.1, 0.15) is 42.5 Å². The average Bonchev–Trinajstić information content (AvgIpc) is 2.38. The van der Waals surface area contributed by atoms with Crippen molar-refractivity contribution in [3.8, 4) is 5.75 Å². The van der Waals surface area contributed by atoms with Crippen molar-refractivity contribution in [3.05, 3.63) is 28.8 Å². The molecule has 0 unspecified atom stereocenters. The van der Waals surface area contributed by atoms with Crippen LogP contribution in [0.3, 0.4) is 0 Å². The maximum Gasteiger partial charge on any atom is 0.151 e. The molecule has 0 heterocycles. The molecular weight excluding hydrogens is 236 g/mol. The zero-order valence-electron chi connectivity index (χ0n) is 9.82. The smallest absolute Gasteiger partial charge is 0.151 e. The minimum absolute atomic E-state index is 0.459. The second-order valence-corrected chi connectivity index (χ2v) is 5.02. The summed E-state index contributed by atoms with van der Waals surface area (Å²) >= 11 is 5.94. The van der Waals surface area contributed by atoms with E-state index in [2.05, 4.69) is 0 Å². The number of ether oxygens (including phenoxy) is 1. The van der Waals surface area contributed by atoms with Gasteiger partial charge >= 0.3 is 0 Å². The van der Waals surface area contributed by atoms with E-state index in [0.717, 1.165) is 18.6 Å². The Bertz CT molecular complexity index is 384. The van der Waals surface area contributed by atoms with Crippen molar-refractivity contribution in [1.29, 1.82) is 0 Å². The van der Waals surface area contributed by atoms with Gasteiger partial charge in [0.1, 0.15) is 5.75 Å². The summed E-state index contributed by atoms with van der Waals surface area (Å²) in [6.07, 6.45) is 7.28. The number of halogens is 1. The van der Waals surface area contributed by atoms with E-state index >= 15 is 0 Å².